The summed E-state index contributed by atoms with van der Waals surface area (Å²) in [7, 11) is 0. The van der Waals surface area contributed by atoms with Crippen LogP contribution in [-0.4, -0.2) is 29.7 Å². The van der Waals surface area contributed by atoms with Gasteiger partial charge in [0.15, 0.2) is 0 Å². The predicted molar refractivity (Wildman–Crippen MR) is 73.2 cm³/mol. The topological polar surface area (TPSA) is 70.3 Å². The average Bonchev–Trinajstić information content (AvgIpc) is 2.91. The number of nitrogens with two attached hydrogens (primary N) is 1. The van der Waals surface area contributed by atoms with E-state index in [0.29, 0.717) is 36.9 Å². The third-order valence-electron chi connectivity index (χ3n) is 3.61. The summed E-state index contributed by atoms with van der Waals surface area (Å²) in [6, 6.07) is 2.15. The van der Waals surface area contributed by atoms with E-state index in [4.69, 9.17) is 15.2 Å². The first kappa shape index (κ1) is 14.1. The summed E-state index contributed by atoms with van der Waals surface area (Å²) >= 11 is 0. The number of hydrogen-bond acceptors (Lipinski definition) is 5. The molecule has 19 heavy (non-hydrogen) atoms. The van der Waals surface area contributed by atoms with Gasteiger partial charge in [0, 0.05) is 12.3 Å². The van der Waals surface area contributed by atoms with Crippen LogP contribution in [0.25, 0.3) is 0 Å². The number of ether oxygens (including phenoxy) is 2. The molecule has 0 aromatic carbocycles. The lowest BCUT2D eigenvalue weighted by Crippen LogP contribution is -2.23. The largest absolute Gasteiger partial charge is 0.478 e. The van der Waals surface area contributed by atoms with E-state index >= 15 is 0 Å². The second-order valence-electron chi connectivity index (χ2n) is 5.02. The van der Waals surface area contributed by atoms with Crippen LogP contribution in [0.3, 0.4) is 0 Å². The molecule has 0 bridgehead atoms. The zero-order chi connectivity index (χ0) is 13.5. The highest BCUT2D eigenvalue weighted by atomic mass is 16.5. The maximum absolute atomic E-state index is 5.77. The molecule has 1 aromatic rings. The molecule has 2 unspecified atom stereocenters. The van der Waals surface area contributed by atoms with E-state index in [1.54, 1.807) is 12.3 Å². The van der Waals surface area contributed by atoms with Gasteiger partial charge in [-0.2, -0.15) is 4.98 Å². The van der Waals surface area contributed by atoms with Crippen molar-refractivity contribution >= 4 is 0 Å². The van der Waals surface area contributed by atoms with E-state index in [1.807, 2.05) is 0 Å². The maximum Gasteiger partial charge on any atom is 0.319 e. The number of rotatable bonds is 7. The van der Waals surface area contributed by atoms with Gasteiger partial charge in [0.2, 0.25) is 5.88 Å². The summed E-state index contributed by atoms with van der Waals surface area (Å²) in [6.45, 7) is 4.12. The molecule has 0 saturated heterocycles. The van der Waals surface area contributed by atoms with Crippen LogP contribution in [0.1, 0.15) is 32.6 Å². The smallest absolute Gasteiger partial charge is 0.319 e. The molecule has 0 amide bonds. The Morgan fingerprint density at radius 1 is 1.32 bits per heavy atom. The molecule has 5 heteroatoms. The average molecular weight is 265 g/mol. The molecule has 2 N–H and O–H groups in total. The van der Waals surface area contributed by atoms with Crippen LogP contribution in [-0.2, 0) is 0 Å². The van der Waals surface area contributed by atoms with Gasteiger partial charge in [-0.3, -0.25) is 0 Å². The van der Waals surface area contributed by atoms with Crippen molar-refractivity contribution in [3.8, 4) is 11.9 Å². The Bertz CT molecular complexity index is 387. The van der Waals surface area contributed by atoms with Gasteiger partial charge in [-0.15, -0.1) is 0 Å². The third-order valence-corrected chi connectivity index (χ3v) is 3.61. The van der Waals surface area contributed by atoms with Gasteiger partial charge in [-0.25, -0.2) is 4.98 Å². The summed E-state index contributed by atoms with van der Waals surface area (Å²) in [6.07, 6.45) is 6.28. The SMILES string of the molecule is CCCOc1ccnc(OCC2CCCC2CN)n1. The maximum atomic E-state index is 5.77. The minimum absolute atomic E-state index is 0.399. The lowest BCUT2D eigenvalue weighted by atomic mass is 9.97. The van der Waals surface area contributed by atoms with Crippen LogP contribution >= 0.6 is 0 Å². The monoisotopic (exact) mass is 265 g/mol. The highest BCUT2D eigenvalue weighted by molar-refractivity contribution is 5.11. The van der Waals surface area contributed by atoms with Gasteiger partial charge >= 0.3 is 6.01 Å². The highest BCUT2D eigenvalue weighted by Crippen LogP contribution is 2.31. The zero-order valence-electron chi connectivity index (χ0n) is 11.5. The fourth-order valence-electron chi connectivity index (χ4n) is 2.51. The molecule has 5 nitrogen and oxygen atoms in total. The zero-order valence-corrected chi connectivity index (χ0v) is 11.5. The Labute approximate surface area is 114 Å². The van der Waals surface area contributed by atoms with Crippen molar-refractivity contribution in [2.24, 2.45) is 17.6 Å². The second kappa shape index (κ2) is 7.28. The Morgan fingerprint density at radius 3 is 2.95 bits per heavy atom. The van der Waals surface area contributed by atoms with Gasteiger partial charge in [0.1, 0.15) is 0 Å². The lowest BCUT2D eigenvalue weighted by molar-refractivity contribution is 0.199. The van der Waals surface area contributed by atoms with E-state index in [-0.39, 0.29) is 0 Å². The summed E-state index contributed by atoms with van der Waals surface area (Å²) in [4.78, 5) is 8.35. The molecular weight excluding hydrogens is 242 g/mol. The minimum atomic E-state index is 0.399. The standard InChI is InChI=1S/C14H23N3O2/c1-2-8-18-13-6-7-16-14(17-13)19-10-12-5-3-4-11(12)9-15/h6-7,11-12H,2-5,8-10,15H2,1H3. The Hall–Kier alpha value is -1.36. The fourth-order valence-corrected chi connectivity index (χ4v) is 2.51. The van der Waals surface area contributed by atoms with E-state index in [0.717, 1.165) is 13.0 Å². The van der Waals surface area contributed by atoms with Crippen molar-refractivity contribution in [3.63, 3.8) is 0 Å². The van der Waals surface area contributed by atoms with E-state index < -0.39 is 0 Å². The molecule has 106 valence electrons. The van der Waals surface area contributed by atoms with Gasteiger partial charge in [-0.1, -0.05) is 13.3 Å². The number of hydrogen-bond donors (Lipinski definition) is 1. The molecule has 1 aliphatic rings. The van der Waals surface area contributed by atoms with Crippen LogP contribution < -0.4 is 15.2 Å². The first-order valence-electron chi connectivity index (χ1n) is 7.12. The van der Waals surface area contributed by atoms with Crippen LogP contribution in [0, 0.1) is 11.8 Å². The lowest BCUT2D eigenvalue weighted by Gasteiger charge is -2.17. The fraction of sp³-hybridized carbons (Fsp3) is 0.714. The molecule has 1 aromatic heterocycles. The number of aromatic nitrogens is 2. The van der Waals surface area contributed by atoms with Crippen molar-refractivity contribution in [3.05, 3.63) is 12.3 Å². The summed E-state index contributed by atoms with van der Waals surface area (Å²) < 4.78 is 11.1. The normalized spacial score (nSPS) is 22.4. The van der Waals surface area contributed by atoms with E-state index in [1.165, 1.54) is 19.3 Å². The Morgan fingerprint density at radius 2 is 2.16 bits per heavy atom. The Balaban J connectivity index is 1.85. The van der Waals surface area contributed by atoms with Crippen molar-refractivity contribution in [2.45, 2.75) is 32.6 Å². The summed E-state index contributed by atoms with van der Waals surface area (Å²) in [5.74, 6) is 1.70. The minimum Gasteiger partial charge on any atom is -0.478 e. The van der Waals surface area contributed by atoms with Crippen molar-refractivity contribution in [1.29, 1.82) is 0 Å². The summed E-state index contributed by atoms with van der Waals surface area (Å²) in [5.41, 5.74) is 5.77. The molecule has 2 atom stereocenters. The molecule has 1 aliphatic carbocycles. The highest BCUT2D eigenvalue weighted by Gasteiger charge is 2.26. The van der Waals surface area contributed by atoms with Crippen molar-refractivity contribution in [1.82, 2.24) is 9.97 Å². The van der Waals surface area contributed by atoms with E-state index in [2.05, 4.69) is 16.9 Å². The van der Waals surface area contributed by atoms with Crippen molar-refractivity contribution < 1.29 is 9.47 Å². The molecule has 1 fully saturated rings. The Kier molecular flexibility index (Phi) is 5.39. The molecule has 2 rings (SSSR count). The molecule has 0 aliphatic heterocycles. The quantitative estimate of drug-likeness (QED) is 0.816. The number of nitrogens with zero attached hydrogens (tertiary/aromatic N) is 2. The second-order valence-corrected chi connectivity index (χ2v) is 5.02. The molecule has 1 heterocycles. The van der Waals surface area contributed by atoms with Gasteiger partial charge < -0.3 is 15.2 Å². The van der Waals surface area contributed by atoms with Crippen molar-refractivity contribution in [2.75, 3.05) is 19.8 Å². The van der Waals surface area contributed by atoms with Crippen LogP contribution in [0.4, 0.5) is 0 Å². The molecular formula is C14H23N3O2. The predicted octanol–water partition coefficient (Wildman–Crippen LogP) is 2.02. The molecule has 0 radical (unpaired) electrons. The van der Waals surface area contributed by atoms with Crippen LogP contribution in [0.2, 0.25) is 0 Å². The van der Waals surface area contributed by atoms with Gasteiger partial charge in [-0.05, 0) is 37.6 Å². The molecule has 1 saturated carbocycles. The first-order valence-corrected chi connectivity index (χ1v) is 7.12. The van der Waals surface area contributed by atoms with Crippen LogP contribution in [0.15, 0.2) is 12.3 Å². The third kappa shape index (κ3) is 4.06. The molecule has 0 spiro atoms. The van der Waals surface area contributed by atoms with Gasteiger partial charge in [0.05, 0.1) is 13.2 Å². The van der Waals surface area contributed by atoms with Gasteiger partial charge in [0.25, 0.3) is 0 Å². The van der Waals surface area contributed by atoms with E-state index in [9.17, 15) is 0 Å². The summed E-state index contributed by atoms with van der Waals surface area (Å²) in [5, 5.41) is 0. The van der Waals surface area contributed by atoms with Crippen LogP contribution in [0.5, 0.6) is 11.9 Å². The first-order chi connectivity index (χ1) is 9.33.